The van der Waals surface area contributed by atoms with Crippen LogP contribution in [0.2, 0.25) is 0 Å². The molecular formula is C15H15F3N2O2S. The number of thiazole rings is 1. The summed E-state index contributed by atoms with van der Waals surface area (Å²) in [7, 11) is 0. The van der Waals surface area contributed by atoms with Gasteiger partial charge in [0.25, 0.3) is 5.91 Å². The van der Waals surface area contributed by atoms with Crippen molar-refractivity contribution >= 4 is 17.2 Å². The van der Waals surface area contributed by atoms with Gasteiger partial charge in [-0.25, -0.2) is 4.98 Å². The number of aryl methyl sites for hydroxylation is 1. The number of benzene rings is 1. The first-order chi connectivity index (χ1) is 10.9. The second kappa shape index (κ2) is 7.45. The number of hydrogen-bond acceptors (Lipinski definition) is 4. The van der Waals surface area contributed by atoms with Crippen LogP contribution in [0.5, 0.6) is 5.75 Å². The van der Waals surface area contributed by atoms with Crippen molar-refractivity contribution in [2.24, 2.45) is 0 Å². The van der Waals surface area contributed by atoms with E-state index in [0.29, 0.717) is 4.88 Å². The zero-order valence-corrected chi connectivity index (χ0v) is 13.1. The third-order valence-electron chi connectivity index (χ3n) is 2.86. The van der Waals surface area contributed by atoms with Crippen molar-refractivity contribution in [1.82, 2.24) is 10.3 Å². The van der Waals surface area contributed by atoms with Crippen molar-refractivity contribution in [3.05, 3.63) is 45.9 Å². The summed E-state index contributed by atoms with van der Waals surface area (Å²) >= 11 is 1.34. The molecule has 1 aromatic carbocycles. The van der Waals surface area contributed by atoms with Gasteiger partial charge in [0.2, 0.25) is 0 Å². The van der Waals surface area contributed by atoms with Crippen LogP contribution in [0.1, 0.15) is 27.2 Å². The third-order valence-corrected chi connectivity index (χ3v) is 4.00. The smallest absolute Gasteiger partial charge is 0.422 e. The number of hydrogen-bond donors (Lipinski definition) is 1. The zero-order valence-electron chi connectivity index (χ0n) is 12.3. The number of ether oxygens (including phenoxy) is 1. The Morgan fingerprint density at radius 3 is 2.57 bits per heavy atom. The molecule has 23 heavy (non-hydrogen) atoms. The Bertz CT molecular complexity index is 653. The molecule has 0 spiro atoms. The molecule has 1 N–H and O–H groups in total. The lowest BCUT2D eigenvalue weighted by Gasteiger charge is -2.09. The van der Waals surface area contributed by atoms with Crippen LogP contribution in [0, 0.1) is 0 Å². The molecule has 1 amide bonds. The monoisotopic (exact) mass is 344 g/mol. The minimum absolute atomic E-state index is 0.132. The maximum Gasteiger partial charge on any atom is 0.422 e. The summed E-state index contributed by atoms with van der Waals surface area (Å²) in [6.07, 6.45) is -2.05. The predicted molar refractivity (Wildman–Crippen MR) is 80.7 cm³/mol. The number of nitrogens with zero attached hydrogens (tertiary/aromatic N) is 1. The molecule has 0 saturated carbocycles. The van der Waals surface area contributed by atoms with Crippen LogP contribution in [0.25, 0.3) is 0 Å². The molecule has 1 heterocycles. The Kier molecular flexibility index (Phi) is 5.59. The van der Waals surface area contributed by atoms with Gasteiger partial charge in [-0.3, -0.25) is 4.79 Å². The Labute approximate surface area is 135 Å². The Hall–Kier alpha value is -2.09. The molecular weight excluding hydrogens is 329 g/mol. The van der Waals surface area contributed by atoms with Gasteiger partial charge in [0, 0.05) is 6.54 Å². The molecule has 124 valence electrons. The van der Waals surface area contributed by atoms with Crippen LogP contribution >= 0.6 is 11.3 Å². The van der Waals surface area contributed by atoms with E-state index >= 15 is 0 Å². The molecule has 0 aliphatic heterocycles. The second-order valence-electron chi connectivity index (χ2n) is 4.70. The van der Waals surface area contributed by atoms with Crippen LogP contribution in [-0.2, 0) is 13.0 Å². The van der Waals surface area contributed by atoms with E-state index in [0.717, 1.165) is 17.0 Å². The Morgan fingerprint density at radius 1 is 1.30 bits per heavy atom. The van der Waals surface area contributed by atoms with Gasteiger partial charge in [-0.2, -0.15) is 13.2 Å². The molecule has 2 aromatic rings. The molecule has 0 atom stereocenters. The van der Waals surface area contributed by atoms with E-state index in [1.807, 2.05) is 6.92 Å². The molecule has 0 bridgehead atoms. The highest BCUT2D eigenvalue weighted by Crippen LogP contribution is 2.19. The van der Waals surface area contributed by atoms with Crippen LogP contribution in [0.4, 0.5) is 13.2 Å². The lowest BCUT2D eigenvalue weighted by Crippen LogP contribution is -2.21. The molecule has 0 fully saturated rings. The molecule has 8 heteroatoms. The van der Waals surface area contributed by atoms with Crippen LogP contribution in [-0.4, -0.2) is 23.7 Å². The highest BCUT2D eigenvalue weighted by molar-refractivity contribution is 7.13. The summed E-state index contributed by atoms with van der Waals surface area (Å²) < 4.78 is 40.7. The van der Waals surface area contributed by atoms with Crippen LogP contribution in [0.15, 0.2) is 30.5 Å². The van der Waals surface area contributed by atoms with E-state index < -0.39 is 12.8 Å². The lowest BCUT2D eigenvalue weighted by atomic mass is 10.2. The highest BCUT2D eigenvalue weighted by atomic mass is 32.1. The Morgan fingerprint density at radius 2 is 2.00 bits per heavy atom. The molecule has 0 aliphatic carbocycles. The fraction of sp³-hybridized carbons (Fsp3) is 0.333. The topological polar surface area (TPSA) is 51.2 Å². The van der Waals surface area contributed by atoms with Gasteiger partial charge in [-0.15, -0.1) is 11.3 Å². The van der Waals surface area contributed by atoms with E-state index in [2.05, 4.69) is 15.0 Å². The van der Waals surface area contributed by atoms with Gasteiger partial charge < -0.3 is 10.1 Å². The van der Waals surface area contributed by atoms with Crippen LogP contribution in [0.3, 0.4) is 0 Å². The standard InChI is InChI=1S/C15H15F3N2O2S/c1-2-13-19-8-12(23-13)14(21)20-7-10-3-5-11(6-4-10)22-9-15(16,17)18/h3-6,8H,2,7,9H2,1H3,(H,20,21). The van der Waals surface area contributed by atoms with Crippen molar-refractivity contribution < 1.29 is 22.7 Å². The second-order valence-corrected chi connectivity index (χ2v) is 5.82. The molecule has 0 saturated heterocycles. The summed E-state index contributed by atoms with van der Waals surface area (Å²) in [5.74, 6) is -0.0907. The van der Waals surface area contributed by atoms with Gasteiger partial charge in [0.05, 0.1) is 11.2 Å². The molecule has 4 nitrogen and oxygen atoms in total. The number of nitrogens with one attached hydrogen (secondary N) is 1. The van der Waals surface area contributed by atoms with Crippen molar-refractivity contribution in [3.63, 3.8) is 0 Å². The average Bonchev–Trinajstić information content (AvgIpc) is 3.00. The van der Waals surface area contributed by atoms with Crippen molar-refractivity contribution in [2.75, 3.05) is 6.61 Å². The molecule has 0 unspecified atom stereocenters. The summed E-state index contributed by atoms with van der Waals surface area (Å²) in [5, 5.41) is 3.63. The zero-order chi connectivity index (χ0) is 16.9. The van der Waals surface area contributed by atoms with E-state index in [4.69, 9.17) is 0 Å². The van der Waals surface area contributed by atoms with Gasteiger partial charge in [-0.05, 0) is 24.1 Å². The van der Waals surface area contributed by atoms with E-state index in [-0.39, 0.29) is 18.2 Å². The largest absolute Gasteiger partial charge is 0.484 e. The first-order valence-corrected chi connectivity index (χ1v) is 7.70. The summed E-state index contributed by atoms with van der Waals surface area (Å²) in [5.41, 5.74) is 0.762. The number of aromatic nitrogens is 1. The fourth-order valence-corrected chi connectivity index (χ4v) is 2.49. The number of halogens is 3. The van der Waals surface area contributed by atoms with E-state index in [1.165, 1.54) is 29.7 Å². The number of amides is 1. The summed E-state index contributed by atoms with van der Waals surface area (Å²) in [4.78, 5) is 16.6. The maximum atomic E-state index is 12.0. The number of carbonyl (C=O) groups excluding carboxylic acids is 1. The lowest BCUT2D eigenvalue weighted by molar-refractivity contribution is -0.153. The van der Waals surface area contributed by atoms with Crippen LogP contribution < -0.4 is 10.1 Å². The fourth-order valence-electron chi connectivity index (χ4n) is 1.72. The SMILES string of the molecule is CCc1ncc(C(=O)NCc2ccc(OCC(F)(F)F)cc2)s1. The predicted octanol–water partition coefficient (Wildman–Crippen LogP) is 3.58. The Balaban J connectivity index is 1.85. The minimum Gasteiger partial charge on any atom is -0.484 e. The van der Waals surface area contributed by atoms with Crippen molar-refractivity contribution in [1.29, 1.82) is 0 Å². The molecule has 0 radical (unpaired) electrons. The van der Waals surface area contributed by atoms with Crippen molar-refractivity contribution in [2.45, 2.75) is 26.1 Å². The first kappa shape index (κ1) is 17.3. The van der Waals surface area contributed by atoms with Gasteiger partial charge in [0.1, 0.15) is 10.6 Å². The van der Waals surface area contributed by atoms with E-state index in [9.17, 15) is 18.0 Å². The quantitative estimate of drug-likeness (QED) is 0.871. The molecule has 0 aliphatic rings. The van der Waals surface area contributed by atoms with E-state index in [1.54, 1.807) is 12.1 Å². The molecule has 2 rings (SSSR count). The number of rotatable bonds is 6. The molecule has 1 aromatic heterocycles. The normalized spacial score (nSPS) is 11.3. The van der Waals surface area contributed by atoms with Crippen molar-refractivity contribution in [3.8, 4) is 5.75 Å². The first-order valence-electron chi connectivity index (χ1n) is 6.89. The third kappa shape index (κ3) is 5.55. The van der Waals surface area contributed by atoms with Gasteiger partial charge in [0.15, 0.2) is 6.61 Å². The maximum absolute atomic E-state index is 12.0. The highest BCUT2D eigenvalue weighted by Gasteiger charge is 2.28. The number of carbonyl (C=O) groups is 1. The average molecular weight is 344 g/mol. The number of alkyl halides is 3. The van der Waals surface area contributed by atoms with Gasteiger partial charge in [-0.1, -0.05) is 19.1 Å². The minimum atomic E-state index is -4.36. The van der Waals surface area contributed by atoms with Gasteiger partial charge >= 0.3 is 6.18 Å². The summed E-state index contributed by atoms with van der Waals surface area (Å²) in [6, 6.07) is 6.09. The summed E-state index contributed by atoms with van der Waals surface area (Å²) in [6.45, 7) is 0.912.